The maximum absolute atomic E-state index is 12.8. The summed E-state index contributed by atoms with van der Waals surface area (Å²) >= 11 is 0. The number of quaternary nitrogens is 1. The quantitative estimate of drug-likeness (QED) is 0.0263. The number of hydrogen-bond donors (Lipinski definition) is 3. The minimum atomic E-state index is -4.33. The Morgan fingerprint density at radius 3 is 1.62 bits per heavy atom. The highest BCUT2D eigenvalue weighted by Gasteiger charge is 2.27. The molecule has 0 fully saturated rings. The highest BCUT2D eigenvalue weighted by Crippen LogP contribution is 2.43. The van der Waals surface area contributed by atoms with Gasteiger partial charge in [0.25, 0.3) is 0 Å². The smallest absolute Gasteiger partial charge is 0.387 e. The second-order valence-electron chi connectivity index (χ2n) is 14.7. The first-order chi connectivity index (χ1) is 23.0. The summed E-state index contributed by atoms with van der Waals surface area (Å²) in [5, 5.41) is 13.7. The van der Waals surface area contributed by atoms with E-state index in [1.54, 1.807) is 6.08 Å². The molecule has 8 nitrogen and oxygen atoms in total. The average Bonchev–Trinajstić information content (AvgIpc) is 3.02. The van der Waals surface area contributed by atoms with Gasteiger partial charge < -0.3 is 19.8 Å². The second kappa shape index (κ2) is 31.9. The Morgan fingerprint density at radius 1 is 0.688 bits per heavy atom. The van der Waals surface area contributed by atoms with Crippen molar-refractivity contribution in [1.29, 1.82) is 0 Å². The molecule has 3 atom stereocenters. The molecule has 0 spiro atoms. The molecule has 0 rings (SSSR count). The summed E-state index contributed by atoms with van der Waals surface area (Å²) in [6, 6.07) is -0.843. The van der Waals surface area contributed by atoms with Gasteiger partial charge in [-0.05, 0) is 44.9 Å². The van der Waals surface area contributed by atoms with Gasteiger partial charge in [0.15, 0.2) is 0 Å². The van der Waals surface area contributed by atoms with Gasteiger partial charge in [0.2, 0.25) is 5.91 Å². The minimum absolute atomic E-state index is 0.0613. The normalized spacial score (nSPS) is 14.9. The third-order valence-corrected chi connectivity index (χ3v) is 9.65. The molecule has 3 unspecified atom stereocenters. The van der Waals surface area contributed by atoms with E-state index in [0.29, 0.717) is 17.4 Å². The number of phosphoric acid groups is 1. The second-order valence-corrected chi connectivity index (χ2v) is 16.1. The predicted octanol–water partition coefficient (Wildman–Crippen LogP) is 10.2. The molecule has 0 bridgehead atoms. The van der Waals surface area contributed by atoms with Crippen LogP contribution >= 0.6 is 7.82 Å². The van der Waals surface area contributed by atoms with Crippen molar-refractivity contribution in [2.24, 2.45) is 0 Å². The number of aliphatic hydroxyl groups excluding tert-OH is 1. The van der Waals surface area contributed by atoms with Crippen LogP contribution in [-0.2, 0) is 18.4 Å². The molecule has 0 saturated heterocycles. The lowest BCUT2D eigenvalue weighted by Gasteiger charge is -2.25. The summed E-state index contributed by atoms with van der Waals surface area (Å²) in [6.45, 7) is 4.77. The van der Waals surface area contributed by atoms with Crippen LogP contribution in [-0.4, -0.2) is 73.4 Å². The summed E-state index contributed by atoms with van der Waals surface area (Å²) < 4.78 is 23.4. The van der Waals surface area contributed by atoms with E-state index >= 15 is 0 Å². The monoisotopic (exact) mass is 702 g/mol. The molecule has 1 amide bonds. The van der Waals surface area contributed by atoms with E-state index in [9.17, 15) is 19.4 Å². The molecule has 0 aromatic carbocycles. The number of carbonyl (C=O) groups is 1. The Balaban J connectivity index is 4.50. The summed E-state index contributed by atoms with van der Waals surface area (Å²) in [4.78, 5) is 23.0. The van der Waals surface area contributed by atoms with Crippen molar-refractivity contribution in [3.8, 4) is 0 Å². The first-order valence-corrected chi connectivity index (χ1v) is 21.2. The van der Waals surface area contributed by atoms with Crippen molar-refractivity contribution in [1.82, 2.24) is 5.32 Å². The first kappa shape index (κ1) is 47.0. The average molecular weight is 702 g/mol. The van der Waals surface area contributed by atoms with Gasteiger partial charge in [-0.15, -0.1) is 0 Å². The fourth-order valence-corrected chi connectivity index (χ4v) is 6.18. The predicted molar refractivity (Wildman–Crippen MR) is 203 cm³/mol. The highest BCUT2D eigenvalue weighted by atomic mass is 31.2. The number of phosphoric ester groups is 1. The number of amides is 1. The number of rotatable bonds is 35. The molecular formula is C39H78N2O6P+. The zero-order chi connectivity index (χ0) is 35.8. The third kappa shape index (κ3) is 33.5. The zero-order valence-electron chi connectivity index (χ0n) is 32.0. The Bertz CT molecular complexity index is 845. The number of likely N-dealkylation sites (N-methyl/N-ethyl adjacent to an activating group) is 1. The molecule has 0 heterocycles. The molecule has 0 aliphatic rings. The highest BCUT2D eigenvalue weighted by molar-refractivity contribution is 7.47. The molecule has 9 heteroatoms. The first-order valence-electron chi connectivity index (χ1n) is 19.7. The molecule has 284 valence electrons. The lowest BCUT2D eigenvalue weighted by atomic mass is 10.1. The van der Waals surface area contributed by atoms with E-state index in [0.717, 1.165) is 38.5 Å². The Morgan fingerprint density at radius 2 is 1.12 bits per heavy atom. The van der Waals surface area contributed by atoms with Gasteiger partial charge >= 0.3 is 7.82 Å². The number of unbranched alkanes of at least 4 members (excludes halogenated alkanes) is 20. The number of allylic oxidation sites excluding steroid dienone is 3. The summed E-state index contributed by atoms with van der Waals surface area (Å²) in [7, 11) is 1.57. The van der Waals surface area contributed by atoms with Crippen LogP contribution in [0.5, 0.6) is 0 Å². The lowest BCUT2D eigenvalue weighted by Crippen LogP contribution is -2.45. The van der Waals surface area contributed by atoms with Crippen LogP contribution in [0.2, 0.25) is 0 Å². The van der Waals surface area contributed by atoms with Gasteiger partial charge in [-0.25, -0.2) is 4.57 Å². The van der Waals surface area contributed by atoms with Crippen LogP contribution in [0.15, 0.2) is 24.3 Å². The Labute approximate surface area is 296 Å². The summed E-state index contributed by atoms with van der Waals surface area (Å²) in [5.41, 5.74) is 0. The van der Waals surface area contributed by atoms with Crippen LogP contribution in [0.3, 0.4) is 0 Å². The van der Waals surface area contributed by atoms with Crippen LogP contribution in [0.1, 0.15) is 168 Å². The topological polar surface area (TPSA) is 105 Å². The maximum atomic E-state index is 12.8. The lowest BCUT2D eigenvalue weighted by molar-refractivity contribution is -0.870. The van der Waals surface area contributed by atoms with Crippen molar-refractivity contribution in [3.05, 3.63) is 24.3 Å². The van der Waals surface area contributed by atoms with Crippen molar-refractivity contribution in [2.45, 2.75) is 180 Å². The Kier molecular flexibility index (Phi) is 31.2. The minimum Gasteiger partial charge on any atom is -0.387 e. The van der Waals surface area contributed by atoms with Crippen LogP contribution < -0.4 is 5.32 Å². The van der Waals surface area contributed by atoms with Crippen molar-refractivity contribution < 1.29 is 32.9 Å². The van der Waals surface area contributed by atoms with Crippen LogP contribution in [0.4, 0.5) is 0 Å². The van der Waals surface area contributed by atoms with Crippen molar-refractivity contribution in [2.75, 3.05) is 40.9 Å². The maximum Gasteiger partial charge on any atom is 0.472 e. The molecule has 0 aromatic rings. The largest absolute Gasteiger partial charge is 0.472 e. The van der Waals surface area contributed by atoms with Crippen molar-refractivity contribution in [3.63, 3.8) is 0 Å². The van der Waals surface area contributed by atoms with E-state index in [-0.39, 0.29) is 19.1 Å². The fraction of sp³-hybridized carbons (Fsp3) is 0.872. The number of carbonyl (C=O) groups excluding carboxylic acids is 1. The molecule has 3 N–H and O–H groups in total. The molecule has 48 heavy (non-hydrogen) atoms. The van der Waals surface area contributed by atoms with Crippen LogP contribution in [0.25, 0.3) is 0 Å². The number of aliphatic hydroxyl groups is 1. The van der Waals surface area contributed by atoms with E-state index in [2.05, 4.69) is 31.3 Å². The molecule has 0 aromatic heterocycles. The fourth-order valence-electron chi connectivity index (χ4n) is 5.45. The Hall–Kier alpha value is -1.02. The SMILES string of the molecule is CCCCCC/C=C\CCCCCCCCCC(=O)NC(COP(=O)(O)OCC[N+](C)(C)C)C(O)/C=C/CCCCCCCCCCC. The van der Waals surface area contributed by atoms with E-state index < -0.39 is 20.0 Å². The molecular weight excluding hydrogens is 623 g/mol. The van der Waals surface area contributed by atoms with Gasteiger partial charge in [0.05, 0.1) is 39.9 Å². The molecule has 0 radical (unpaired) electrons. The summed E-state index contributed by atoms with van der Waals surface area (Å²) in [6.07, 6.45) is 35.2. The summed E-state index contributed by atoms with van der Waals surface area (Å²) in [5.74, 6) is -0.185. The van der Waals surface area contributed by atoms with E-state index in [1.165, 1.54) is 109 Å². The van der Waals surface area contributed by atoms with Gasteiger partial charge in [-0.2, -0.15) is 0 Å². The number of nitrogens with one attached hydrogen (secondary N) is 1. The zero-order valence-corrected chi connectivity index (χ0v) is 32.9. The number of hydrogen-bond acceptors (Lipinski definition) is 5. The van der Waals surface area contributed by atoms with E-state index in [1.807, 2.05) is 27.2 Å². The molecule has 0 saturated carbocycles. The van der Waals surface area contributed by atoms with E-state index in [4.69, 9.17) is 9.05 Å². The molecule has 0 aliphatic carbocycles. The van der Waals surface area contributed by atoms with Gasteiger partial charge in [-0.3, -0.25) is 13.8 Å². The third-order valence-electron chi connectivity index (χ3n) is 8.67. The molecule has 0 aliphatic heterocycles. The van der Waals surface area contributed by atoms with Gasteiger partial charge in [0, 0.05) is 6.42 Å². The van der Waals surface area contributed by atoms with Crippen LogP contribution in [0, 0.1) is 0 Å². The van der Waals surface area contributed by atoms with Gasteiger partial charge in [0.1, 0.15) is 13.2 Å². The van der Waals surface area contributed by atoms with Crippen molar-refractivity contribution >= 4 is 13.7 Å². The van der Waals surface area contributed by atoms with Gasteiger partial charge in [-0.1, -0.05) is 141 Å². The standard InChI is InChI=1S/C39H77N2O6P/c1-6-8-10-12-14-16-18-19-20-21-23-25-27-29-31-33-39(43)40-37(36-47-48(44,45)46-35-34-41(3,4)5)38(42)32-30-28-26-24-22-17-15-13-11-9-7-2/h16,18,30,32,37-38,42H,6-15,17,19-29,31,33-36H2,1-5H3,(H-,40,43,44,45)/p+1/b18-16-,32-30+. The number of nitrogens with zero attached hydrogens (tertiary/aromatic N) is 1.